The summed E-state index contributed by atoms with van der Waals surface area (Å²) in [5.74, 6) is 1.60. The van der Waals surface area contributed by atoms with E-state index in [0.717, 1.165) is 22.3 Å². The second kappa shape index (κ2) is 3.54. The molecule has 0 amide bonds. The second-order valence-corrected chi connectivity index (χ2v) is 2.83. The van der Waals surface area contributed by atoms with Crippen molar-refractivity contribution >= 4 is 10.8 Å². The SMILES string of the molecule is COc1ccc(OC)c2cn[c]cc12. The third kappa shape index (κ3) is 1.27. The van der Waals surface area contributed by atoms with Crippen molar-refractivity contribution in [2.24, 2.45) is 0 Å². The topological polar surface area (TPSA) is 31.4 Å². The van der Waals surface area contributed by atoms with Gasteiger partial charge in [0.1, 0.15) is 11.5 Å². The van der Waals surface area contributed by atoms with Crippen LogP contribution in [0.25, 0.3) is 10.8 Å². The van der Waals surface area contributed by atoms with Gasteiger partial charge in [0.2, 0.25) is 0 Å². The molecule has 0 spiro atoms. The van der Waals surface area contributed by atoms with E-state index in [2.05, 4.69) is 11.2 Å². The Hall–Kier alpha value is -1.77. The van der Waals surface area contributed by atoms with Crippen LogP contribution in [0, 0.1) is 6.20 Å². The number of pyridine rings is 1. The molecule has 2 rings (SSSR count). The molecule has 0 aliphatic rings. The van der Waals surface area contributed by atoms with Gasteiger partial charge in [0.25, 0.3) is 0 Å². The molecule has 3 nitrogen and oxygen atoms in total. The minimum atomic E-state index is 0.794. The van der Waals surface area contributed by atoms with Crippen molar-refractivity contribution in [2.75, 3.05) is 14.2 Å². The summed E-state index contributed by atoms with van der Waals surface area (Å²) in [5.41, 5.74) is 0. The fourth-order valence-electron chi connectivity index (χ4n) is 1.44. The molecule has 3 heteroatoms. The van der Waals surface area contributed by atoms with Crippen molar-refractivity contribution < 1.29 is 9.47 Å². The van der Waals surface area contributed by atoms with E-state index in [0.29, 0.717) is 0 Å². The van der Waals surface area contributed by atoms with Crippen LogP contribution in [0.4, 0.5) is 0 Å². The van der Waals surface area contributed by atoms with Gasteiger partial charge in [-0.1, -0.05) is 0 Å². The van der Waals surface area contributed by atoms with E-state index in [4.69, 9.17) is 9.47 Å². The first-order valence-corrected chi connectivity index (χ1v) is 4.23. The number of ether oxygens (including phenoxy) is 2. The number of methoxy groups -OCH3 is 2. The number of rotatable bonds is 2. The molecule has 14 heavy (non-hydrogen) atoms. The molecule has 0 saturated heterocycles. The molecule has 0 fully saturated rings. The lowest BCUT2D eigenvalue weighted by molar-refractivity contribution is 0.410. The van der Waals surface area contributed by atoms with Crippen molar-refractivity contribution in [2.45, 2.75) is 0 Å². The third-order valence-corrected chi connectivity index (χ3v) is 2.12. The quantitative estimate of drug-likeness (QED) is 0.722. The number of hydrogen-bond acceptors (Lipinski definition) is 3. The number of hydrogen-bond donors (Lipinski definition) is 0. The first-order valence-electron chi connectivity index (χ1n) is 4.23. The van der Waals surface area contributed by atoms with Crippen LogP contribution in [0.3, 0.4) is 0 Å². The highest BCUT2D eigenvalue weighted by molar-refractivity contribution is 5.92. The molecule has 0 bridgehead atoms. The monoisotopic (exact) mass is 188 g/mol. The summed E-state index contributed by atoms with van der Waals surface area (Å²) >= 11 is 0. The molecule has 1 aromatic carbocycles. The fourth-order valence-corrected chi connectivity index (χ4v) is 1.44. The van der Waals surface area contributed by atoms with E-state index >= 15 is 0 Å². The van der Waals surface area contributed by atoms with Crippen LogP contribution in [0.1, 0.15) is 0 Å². The summed E-state index contributed by atoms with van der Waals surface area (Å²) in [5, 5.41) is 1.90. The molecule has 1 heterocycles. The zero-order chi connectivity index (χ0) is 9.97. The number of aromatic nitrogens is 1. The number of benzene rings is 1. The fraction of sp³-hybridized carbons (Fsp3) is 0.182. The van der Waals surface area contributed by atoms with Crippen LogP contribution < -0.4 is 9.47 Å². The van der Waals surface area contributed by atoms with Crippen LogP contribution in [0.5, 0.6) is 11.5 Å². The Morgan fingerprint density at radius 3 is 2.36 bits per heavy atom. The summed E-state index contributed by atoms with van der Waals surface area (Å²) in [4.78, 5) is 3.94. The van der Waals surface area contributed by atoms with Crippen molar-refractivity contribution in [3.05, 3.63) is 30.6 Å². The summed E-state index contributed by atoms with van der Waals surface area (Å²) < 4.78 is 10.4. The van der Waals surface area contributed by atoms with Crippen molar-refractivity contribution in [3.8, 4) is 11.5 Å². The van der Waals surface area contributed by atoms with Gasteiger partial charge in [-0.05, 0) is 18.2 Å². The first-order chi connectivity index (χ1) is 6.86. The summed E-state index contributed by atoms with van der Waals surface area (Å²) in [6, 6.07) is 5.52. The van der Waals surface area contributed by atoms with E-state index in [-0.39, 0.29) is 0 Å². The average molecular weight is 188 g/mol. The van der Waals surface area contributed by atoms with Gasteiger partial charge in [0.05, 0.1) is 20.4 Å². The molecule has 0 aliphatic carbocycles. The molecule has 2 aromatic rings. The number of fused-ring (bicyclic) bond motifs is 1. The van der Waals surface area contributed by atoms with E-state index in [1.165, 1.54) is 0 Å². The Kier molecular flexibility index (Phi) is 2.23. The van der Waals surface area contributed by atoms with Gasteiger partial charge in [-0.15, -0.1) is 0 Å². The highest BCUT2D eigenvalue weighted by Gasteiger charge is 2.05. The van der Waals surface area contributed by atoms with E-state index in [9.17, 15) is 0 Å². The summed E-state index contributed by atoms with van der Waals surface area (Å²) in [6.07, 6.45) is 4.49. The normalized spacial score (nSPS) is 10.1. The Bertz CT molecular complexity index is 411. The molecular formula is C11H10NO2. The van der Waals surface area contributed by atoms with Gasteiger partial charge in [-0.25, -0.2) is 0 Å². The van der Waals surface area contributed by atoms with Gasteiger partial charge >= 0.3 is 0 Å². The van der Waals surface area contributed by atoms with Crippen LogP contribution in [-0.2, 0) is 0 Å². The van der Waals surface area contributed by atoms with E-state index in [1.54, 1.807) is 26.5 Å². The second-order valence-electron chi connectivity index (χ2n) is 2.83. The smallest absolute Gasteiger partial charge is 0.128 e. The molecule has 0 aliphatic heterocycles. The lowest BCUT2D eigenvalue weighted by atomic mass is 10.1. The lowest BCUT2D eigenvalue weighted by Gasteiger charge is -2.08. The summed E-state index contributed by atoms with van der Waals surface area (Å²) in [6.45, 7) is 0. The van der Waals surface area contributed by atoms with Crippen LogP contribution in [-0.4, -0.2) is 19.2 Å². The molecular weight excluding hydrogens is 178 g/mol. The molecule has 1 radical (unpaired) electrons. The Labute approximate surface area is 82.3 Å². The molecule has 0 N–H and O–H groups in total. The maximum atomic E-state index is 5.22. The summed E-state index contributed by atoms with van der Waals surface area (Å²) in [7, 11) is 3.28. The van der Waals surface area contributed by atoms with Gasteiger partial charge in [0.15, 0.2) is 0 Å². The van der Waals surface area contributed by atoms with Gasteiger partial charge in [-0.2, -0.15) is 0 Å². The predicted molar refractivity (Wildman–Crippen MR) is 53.7 cm³/mol. The first kappa shape index (κ1) is 8.81. The minimum Gasteiger partial charge on any atom is -0.496 e. The highest BCUT2D eigenvalue weighted by atomic mass is 16.5. The Morgan fingerprint density at radius 1 is 1.07 bits per heavy atom. The standard InChI is InChI=1S/C11H10NO2/c1-13-10-3-4-11(14-2)9-7-12-6-5-8(9)10/h3-5,7H,1-2H3. The maximum Gasteiger partial charge on any atom is 0.128 e. The molecule has 0 unspecified atom stereocenters. The van der Waals surface area contributed by atoms with E-state index < -0.39 is 0 Å². The number of nitrogens with zero attached hydrogens (tertiary/aromatic N) is 1. The predicted octanol–water partition coefficient (Wildman–Crippen LogP) is 2.05. The Balaban J connectivity index is 2.78. The highest BCUT2D eigenvalue weighted by Crippen LogP contribution is 2.31. The minimum absolute atomic E-state index is 0.794. The van der Waals surface area contributed by atoms with Gasteiger partial charge in [-0.3, -0.25) is 4.98 Å². The largest absolute Gasteiger partial charge is 0.496 e. The third-order valence-electron chi connectivity index (χ3n) is 2.12. The molecule has 1 aromatic heterocycles. The van der Waals surface area contributed by atoms with Gasteiger partial charge in [0, 0.05) is 17.0 Å². The average Bonchev–Trinajstić information content (AvgIpc) is 2.27. The maximum absolute atomic E-state index is 5.22. The van der Waals surface area contributed by atoms with Crippen molar-refractivity contribution in [1.82, 2.24) is 4.98 Å². The van der Waals surface area contributed by atoms with Crippen LogP contribution in [0.15, 0.2) is 24.4 Å². The van der Waals surface area contributed by atoms with Crippen LogP contribution in [0.2, 0.25) is 0 Å². The molecule has 0 saturated carbocycles. The Morgan fingerprint density at radius 2 is 1.71 bits per heavy atom. The van der Waals surface area contributed by atoms with Crippen LogP contribution >= 0.6 is 0 Å². The zero-order valence-corrected chi connectivity index (χ0v) is 8.07. The van der Waals surface area contributed by atoms with E-state index in [1.807, 2.05) is 12.1 Å². The lowest BCUT2D eigenvalue weighted by Crippen LogP contribution is -1.89. The zero-order valence-electron chi connectivity index (χ0n) is 8.07. The van der Waals surface area contributed by atoms with Crippen molar-refractivity contribution in [1.29, 1.82) is 0 Å². The van der Waals surface area contributed by atoms with Crippen molar-refractivity contribution in [3.63, 3.8) is 0 Å². The molecule has 0 atom stereocenters. The molecule has 71 valence electrons. The van der Waals surface area contributed by atoms with Gasteiger partial charge < -0.3 is 9.47 Å².